The summed E-state index contributed by atoms with van der Waals surface area (Å²) in [7, 11) is 0. The molecule has 176 valence electrons. The van der Waals surface area contributed by atoms with E-state index in [-0.39, 0.29) is 0 Å². The van der Waals surface area contributed by atoms with Gasteiger partial charge in [0.05, 0.1) is 50.8 Å². The Kier molecular flexibility index (Phi) is 5.78. The second kappa shape index (κ2) is 8.91. The van der Waals surface area contributed by atoms with Crippen LogP contribution in [0.4, 0.5) is 11.4 Å². The fourth-order valence-corrected chi connectivity index (χ4v) is 4.82. The van der Waals surface area contributed by atoms with Crippen LogP contribution >= 0.6 is 0 Å². The summed E-state index contributed by atoms with van der Waals surface area (Å²) in [5.74, 6) is 0. The van der Waals surface area contributed by atoms with Crippen LogP contribution in [0.5, 0.6) is 0 Å². The molecule has 0 spiro atoms. The van der Waals surface area contributed by atoms with Crippen molar-refractivity contribution in [2.75, 3.05) is 62.4 Å². The largest absolute Gasteiger partial charge is 0.371 e. The van der Waals surface area contributed by atoms with Gasteiger partial charge in [-0.3, -0.25) is 0 Å². The SMILES string of the molecule is Cc1cccc(N(CC2CO2)CC2CO2)c1Cc1c(C)cccc1N(CC1CO1)CC1CO1. The van der Waals surface area contributed by atoms with Crippen molar-refractivity contribution in [3.63, 3.8) is 0 Å². The first-order valence-corrected chi connectivity index (χ1v) is 12.3. The molecule has 0 radical (unpaired) electrons. The third kappa shape index (κ3) is 5.35. The molecule has 4 atom stereocenters. The van der Waals surface area contributed by atoms with E-state index < -0.39 is 0 Å². The molecule has 4 heterocycles. The fraction of sp³-hybridized carbons (Fsp3) is 0.556. The van der Waals surface area contributed by atoms with Crippen LogP contribution in [-0.2, 0) is 25.4 Å². The van der Waals surface area contributed by atoms with Crippen LogP contribution in [0.2, 0.25) is 0 Å². The molecule has 0 amide bonds. The number of anilines is 2. The van der Waals surface area contributed by atoms with Gasteiger partial charge in [-0.15, -0.1) is 0 Å². The molecule has 0 bridgehead atoms. The number of nitrogens with zero attached hydrogens (tertiary/aromatic N) is 2. The molecule has 4 saturated heterocycles. The van der Waals surface area contributed by atoms with Crippen LogP contribution in [0, 0.1) is 13.8 Å². The van der Waals surface area contributed by atoms with Gasteiger partial charge in [0, 0.05) is 44.0 Å². The topological polar surface area (TPSA) is 56.6 Å². The molecule has 4 aliphatic heterocycles. The maximum Gasteiger partial charge on any atom is 0.0984 e. The Hall–Kier alpha value is -2.12. The molecular weight excluding hydrogens is 416 g/mol. The second-order valence-corrected chi connectivity index (χ2v) is 9.95. The van der Waals surface area contributed by atoms with Gasteiger partial charge in [0.15, 0.2) is 0 Å². The van der Waals surface area contributed by atoms with Crippen LogP contribution in [0.3, 0.4) is 0 Å². The van der Waals surface area contributed by atoms with Gasteiger partial charge in [0.2, 0.25) is 0 Å². The van der Waals surface area contributed by atoms with Crippen molar-refractivity contribution in [1.82, 2.24) is 0 Å². The summed E-state index contributed by atoms with van der Waals surface area (Å²) in [6.07, 6.45) is 2.29. The van der Waals surface area contributed by atoms with Crippen molar-refractivity contribution in [3.8, 4) is 0 Å². The first-order valence-electron chi connectivity index (χ1n) is 12.3. The number of rotatable bonds is 12. The smallest absolute Gasteiger partial charge is 0.0984 e. The van der Waals surface area contributed by atoms with Gasteiger partial charge in [0.25, 0.3) is 0 Å². The number of ether oxygens (including phenoxy) is 4. The van der Waals surface area contributed by atoms with Crippen LogP contribution in [0.25, 0.3) is 0 Å². The highest BCUT2D eigenvalue weighted by molar-refractivity contribution is 5.64. The van der Waals surface area contributed by atoms with Gasteiger partial charge in [-0.1, -0.05) is 24.3 Å². The first kappa shape index (κ1) is 21.4. The summed E-state index contributed by atoms with van der Waals surface area (Å²) < 4.78 is 22.4. The molecule has 4 unspecified atom stereocenters. The summed E-state index contributed by atoms with van der Waals surface area (Å²) in [5, 5.41) is 0. The van der Waals surface area contributed by atoms with Crippen LogP contribution in [-0.4, -0.2) is 77.0 Å². The number of hydrogen-bond donors (Lipinski definition) is 0. The number of hydrogen-bond acceptors (Lipinski definition) is 6. The third-order valence-corrected chi connectivity index (χ3v) is 7.11. The van der Waals surface area contributed by atoms with Gasteiger partial charge < -0.3 is 28.7 Å². The monoisotopic (exact) mass is 450 g/mol. The van der Waals surface area contributed by atoms with E-state index in [1.165, 1.54) is 33.6 Å². The van der Waals surface area contributed by atoms with E-state index >= 15 is 0 Å². The number of epoxide rings is 4. The van der Waals surface area contributed by atoms with Crippen LogP contribution in [0.1, 0.15) is 22.3 Å². The molecule has 4 aliphatic rings. The fourth-order valence-electron chi connectivity index (χ4n) is 4.82. The maximum absolute atomic E-state index is 5.59. The number of aryl methyl sites for hydroxylation is 2. The zero-order valence-corrected chi connectivity index (χ0v) is 19.7. The average molecular weight is 451 g/mol. The Balaban J connectivity index is 1.33. The lowest BCUT2D eigenvalue weighted by atomic mass is 9.93. The molecule has 33 heavy (non-hydrogen) atoms. The van der Waals surface area contributed by atoms with Crippen molar-refractivity contribution in [2.45, 2.75) is 44.7 Å². The van der Waals surface area contributed by atoms with E-state index in [1.54, 1.807) is 0 Å². The maximum atomic E-state index is 5.59. The van der Waals surface area contributed by atoms with Gasteiger partial charge >= 0.3 is 0 Å². The van der Waals surface area contributed by atoms with Crippen molar-refractivity contribution in [3.05, 3.63) is 58.7 Å². The molecule has 0 saturated carbocycles. The standard InChI is InChI=1S/C27H34N2O4/c1-18-5-3-7-26(28(10-20-14-30-20)11-21-15-31-21)24(18)9-25-19(2)6-4-8-27(25)29(12-22-16-32-22)13-23-17-33-23/h3-8,20-23H,9-17H2,1-2H3. The molecule has 6 rings (SSSR count). The summed E-state index contributed by atoms with van der Waals surface area (Å²) in [5.41, 5.74) is 8.11. The molecule has 2 aromatic rings. The minimum Gasteiger partial charge on any atom is -0.371 e. The lowest BCUT2D eigenvalue weighted by molar-refractivity contribution is 0.388. The molecule has 6 nitrogen and oxygen atoms in total. The van der Waals surface area contributed by atoms with E-state index in [4.69, 9.17) is 18.9 Å². The lowest BCUT2D eigenvalue weighted by Crippen LogP contribution is -2.33. The minimum absolute atomic E-state index is 0.346. The molecule has 2 aromatic carbocycles. The van der Waals surface area contributed by atoms with Gasteiger partial charge in [-0.25, -0.2) is 0 Å². The Morgan fingerprint density at radius 1 is 0.606 bits per heavy atom. The van der Waals surface area contributed by atoms with Gasteiger partial charge in [-0.2, -0.15) is 0 Å². The Morgan fingerprint density at radius 2 is 0.939 bits per heavy atom. The summed E-state index contributed by atoms with van der Waals surface area (Å²) >= 11 is 0. The molecule has 0 aromatic heterocycles. The Labute approximate surface area is 196 Å². The number of benzene rings is 2. The normalized spacial score (nSPS) is 26.7. The molecule has 6 heteroatoms. The minimum atomic E-state index is 0.346. The van der Waals surface area contributed by atoms with Gasteiger partial charge in [0.1, 0.15) is 0 Å². The second-order valence-electron chi connectivity index (χ2n) is 9.95. The molecular formula is C27H34N2O4. The van der Waals surface area contributed by atoms with E-state index in [0.29, 0.717) is 24.4 Å². The van der Waals surface area contributed by atoms with Crippen molar-refractivity contribution >= 4 is 11.4 Å². The molecule has 4 fully saturated rings. The predicted octanol–water partition coefficient (Wildman–Crippen LogP) is 3.10. The molecule has 0 aliphatic carbocycles. The van der Waals surface area contributed by atoms with E-state index in [0.717, 1.165) is 59.0 Å². The first-order chi connectivity index (χ1) is 16.1. The van der Waals surface area contributed by atoms with Crippen LogP contribution < -0.4 is 9.80 Å². The summed E-state index contributed by atoms with van der Waals surface area (Å²) in [4.78, 5) is 4.98. The zero-order valence-electron chi connectivity index (χ0n) is 19.7. The third-order valence-electron chi connectivity index (χ3n) is 7.11. The predicted molar refractivity (Wildman–Crippen MR) is 129 cm³/mol. The van der Waals surface area contributed by atoms with E-state index in [2.05, 4.69) is 60.0 Å². The van der Waals surface area contributed by atoms with Crippen LogP contribution in [0.15, 0.2) is 36.4 Å². The van der Waals surface area contributed by atoms with Crippen molar-refractivity contribution < 1.29 is 18.9 Å². The highest BCUT2D eigenvalue weighted by Crippen LogP contribution is 2.34. The van der Waals surface area contributed by atoms with Crippen molar-refractivity contribution in [1.29, 1.82) is 0 Å². The average Bonchev–Trinajstić information content (AvgIpc) is 3.58. The lowest BCUT2D eigenvalue weighted by Gasteiger charge is -2.30. The molecule has 0 N–H and O–H groups in total. The van der Waals surface area contributed by atoms with E-state index in [9.17, 15) is 0 Å². The van der Waals surface area contributed by atoms with Gasteiger partial charge in [-0.05, 0) is 48.2 Å². The zero-order chi connectivity index (χ0) is 22.4. The highest BCUT2D eigenvalue weighted by Gasteiger charge is 2.34. The van der Waals surface area contributed by atoms with Crippen molar-refractivity contribution in [2.24, 2.45) is 0 Å². The Morgan fingerprint density at radius 3 is 1.24 bits per heavy atom. The quantitative estimate of drug-likeness (QED) is 0.463. The summed E-state index contributed by atoms with van der Waals surface area (Å²) in [6, 6.07) is 13.4. The Bertz CT molecular complexity index is 888. The summed E-state index contributed by atoms with van der Waals surface area (Å²) in [6.45, 7) is 11.7. The van der Waals surface area contributed by atoms with E-state index in [1.807, 2.05) is 0 Å². The highest BCUT2D eigenvalue weighted by atomic mass is 16.6.